The maximum atomic E-state index is 9.67. The van der Waals surface area contributed by atoms with Crippen molar-refractivity contribution in [1.82, 2.24) is 0 Å². The Morgan fingerprint density at radius 3 is 1.00 bits per heavy atom. The Hall–Kier alpha value is 0.880. The van der Waals surface area contributed by atoms with E-state index in [0.717, 1.165) is 0 Å². The van der Waals surface area contributed by atoms with E-state index in [1.54, 1.807) is 0 Å². The molecule has 0 saturated heterocycles. The first-order valence-electron chi connectivity index (χ1n) is 0.655. The second-order valence-corrected chi connectivity index (χ2v) is 0.247. The summed E-state index contributed by atoms with van der Waals surface area (Å²) in [4.78, 5) is 0. The van der Waals surface area contributed by atoms with Gasteiger partial charge in [-0.3, -0.25) is 0 Å². The van der Waals surface area contributed by atoms with E-state index in [9.17, 15) is 13.2 Å². The van der Waals surface area contributed by atoms with E-state index >= 15 is 0 Å². The van der Waals surface area contributed by atoms with Crippen molar-refractivity contribution in [1.29, 1.82) is 0 Å². The first-order valence-corrected chi connectivity index (χ1v) is 0.655. The van der Waals surface area contributed by atoms with E-state index in [1.165, 1.54) is 0 Å². The van der Waals surface area contributed by atoms with Gasteiger partial charge in [0.2, 0.25) is 0 Å². The maximum absolute atomic E-state index is 9.67. The summed E-state index contributed by atoms with van der Waals surface area (Å²) in [5.74, 6) is 0. The number of halogens is 3. The Kier molecular flexibility index (Phi) is 24.5. The van der Waals surface area contributed by atoms with Crippen molar-refractivity contribution in [3.63, 3.8) is 0 Å². The Balaban J connectivity index is -0.0000000450. The molecule has 1 radical (unpaired) electrons. The first-order chi connectivity index (χ1) is 1.73. The van der Waals surface area contributed by atoms with Gasteiger partial charge in [-0.1, -0.05) is 0 Å². The summed E-state index contributed by atoms with van der Waals surface area (Å²) in [7, 11) is 0. The molecule has 0 amide bonds. The summed E-state index contributed by atoms with van der Waals surface area (Å²) in [5.41, 5.74) is 0. The van der Waals surface area contributed by atoms with Gasteiger partial charge in [0, 0.05) is 22.4 Å². The summed E-state index contributed by atoms with van der Waals surface area (Å²) in [6.45, 7) is -3.67. The van der Waals surface area contributed by atoms with Gasteiger partial charge in [0.1, 0.15) is 0 Å². The zero-order chi connectivity index (χ0) is 3.58. The number of alkyl halides is 3. The number of rotatable bonds is 0. The molecular weight excluding hydrogens is 209 g/mol. The molecule has 0 aromatic rings. The third-order valence-electron chi connectivity index (χ3n) is 0. The van der Waals surface area contributed by atoms with E-state index < -0.39 is 6.68 Å². The predicted molar refractivity (Wildman–Crippen MR) is 17.5 cm³/mol. The van der Waals surface area contributed by atoms with Crippen molar-refractivity contribution in [3.8, 4) is 0 Å². The molecule has 0 bridgehead atoms. The average molecular weight is 212 g/mol. The second kappa shape index (κ2) is 9.30. The van der Waals surface area contributed by atoms with Crippen molar-refractivity contribution in [2.45, 2.75) is 6.68 Å². The molecule has 0 N–H and O–H groups in total. The smallest absolute Gasteiger partial charge is 0.197 e. The van der Waals surface area contributed by atoms with Crippen LogP contribution in [0.4, 0.5) is 13.2 Å². The first kappa shape index (κ1) is 15.8. The molecule has 0 aliphatic heterocycles. The topological polar surface area (TPSA) is 0 Å². The van der Waals surface area contributed by atoms with E-state index in [0.29, 0.717) is 0 Å². The van der Waals surface area contributed by atoms with E-state index in [4.69, 9.17) is 0 Å². The van der Waals surface area contributed by atoms with Gasteiger partial charge < -0.3 is 0 Å². The van der Waals surface area contributed by atoms with Crippen LogP contribution in [0.1, 0.15) is 0 Å². The van der Waals surface area contributed by atoms with Gasteiger partial charge in [0.25, 0.3) is 0 Å². The molecule has 0 aromatic carbocycles. The van der Waals surface area contributed by atoms with Gasteiger partial charge in [0.15, 0.2) is 0 Å². The third-order valence-corrected chi connectivity index (χ3v) is 0. The molecule has 0 heterocycles. The minimum atomic E-state index is -3.67. The molecule has 0 nitrogen and oxygen atoms in total. The largest absolute Gasteiger partial charge is 0.379 e. The summed E-state index contributed by atoms with van der Waals surface area (Å²) in [5, 5.41) is 0. The Morgan fingerprint density at radius 1 is 1.00 bits per heavy atom. The standard InChI is InChI=1S/CHF3.Ag.H2S/c2-1(3)4;;/h1H;;1H2. The van der Waals surface area contributed by atoms with Gasteiger partial charge >= 0.3 is 6.68 Å². The van der Waals surface area contributed by atoms with Crippen molar-refractivity contribution in [2.75, 3.05) is 0 Å². The third kappa shape index (κ3) is 94.8. The van der Waals surface area contributed by atoms with Crippen LogP contribution in [0.15, 0.2) is 0 Å². The van der Waals surface area contributed by atoms with Gasteiger partial charge in [0.05, 0.1) is 0 Å². The molecule has 0 atom stereocenters. The van der Waals surface area contributed by atoms with Crippen LogP contribution in [-0.2, 0) is 22.4 Å². The molecule has 0 aliphatic carbocycles. The monoisotopic (exact) mass is 211 g/mol. The van der Waals surface area contributed by atoms with Crippen molar-refractivity contribution in [3.05, 3.63) is 0 Å². The summed E-state index contributed by atoms with van der Waals surface area (Å²) in [6, 6.07) is 0. The maximum Gasteiger partial charge on any atom is 0.379 e. The van der Waals surface area contributed by atoms with Gasteiger partial charge in [-0.25, -0.2) is 0 Å². The Labute approximate surface area is 56.1 Å². The second-order valence-electron chi connectivity index (χ2n) is 0.247. The van der Waals surface area contributed by atoms with E-state index in [-0.39, 0.29) is 35.9 Å². The van der Waals surface area contributed by atoms with Crippen LogP contribution >= 0.6 is 13.5 Å². The number of hydrogen-bond acceptors (Lipinski definition) is 0. The van der Waals surface area contributed by atoms with Crippen LogP contribution < -0.4 is 0 Å². The van der Waals surface area contributed by atoms with E-state index in [2.05, 4.69) is 0 Å². The van der Waals surface area contributed by atoms with Crippen LogP contribution in [0, 0.1) is 0 Å². The predicted octanol–water partition coefficient (Wildman–Crippen LogP) is 1.29. The van der Waals surface area contributed by atoms with Gasteiger partial charge in [-0.15, -0.1) is 0 Å². The SMILES string of the molecule is FC(F)F.S.[Ag]. The summed E-state index contributed by atoms with van der Waals surface area (Å²) in [6.07, 6.45) is 0. The van der Waals surface area contributed by atoms with Gasteiger partial charge in [-0.2, -0.15) is 26.7 Å². The average Bonchev–Trinajstić information content (AvgIpc) is 0.811. The van der Waals surface area contributed by atoms with Crippen LogP contribution in [0.25, 0.3) is 0 Å². The quantitative estimate of drug-likeness (QED) is 0.530. The molecule has 0 aromatic heterocycles. The van der Waals surface area contributed by atoms with Crippen molar-refractivity contribution in [2.24, 2.45) is 0 Å². The summed E-state index contributed by atoms with van der Waals surface area (Å²) < 4.78 is 29.0. The number of hydrogen-bond donors (Lipinski definition) is 0. The van der Waals surface area contributed by atoms with Crippen molar-refractivity contribution < 1.29 is 35.6 Å². The normalized spacial score (nSPS) is 6.00. The fourth-order valence-corrected chi connectivity index (χ4v) is 0. The molecule has 6 heavy (non-hydrogen) atoms. The minimum Gasteiger partial charge on any atom is -0.197 e. The molecule has 0 unspecified atom stereocenters. The molecule has 0 rings (SSSR count). The zero-order valence-corrected chi connectivity index (χ0v) is 5.00. The molecule has 0 saturated carbocycles. The molecule has 0 spiro atoms. The van der Waals surface area contributed by atoms with Crippen LogP contribution in [-0.4, -0.2) is 6.68 Å². The van der Waals surface area contributed by atoms with Crippen LogP contribution in [0.2, 0.25) is 0 Å². The molecule has 0 aliphatic rings. The molecule has 0 fully saturated rings. The van der Waals surface area contributed by atoms with Crippen molar-refractivity contribution >= 4 is 13.5 Å². The minimum absolute atomic E-state index is 0. The molecular formula is CH3AgF3S. The summed E-state index contributed by atoms with van der Waals surface area (Å²) >= 11 is 0. The Morgan fingerprint density at radius 2 is 1.00 bits per heavy atom. The Bertz CT molecular complexity index is 15.5. The van der Waals surface area contributed by atoms with Crippen LogP contribution in [0.3, 0.4) is 0 Å². The van der Waals surface area contributed by atoms with Gasteiger partial charge in [-0.05, 0) is 0 Å². The van der Waals surface area contributed by atoms with Crippen LogP contribution in [0.5, 0.6) is 0 Å². The zero-order valence-electron chi connectivity index (χ0n) is 2.51. The molecule has 5 heteroatoms. The molecule has 45 valence electrons. The fourth-order valence-electron chi connectivity index (χ4n) is 0. The van der Waals surface area contributed by atoms with E-state index in [1.807, 2.05) is 0 Å². The fraction of sp³-hybridized carbons (Fsp3) is 1.00.